The zero-order valence-corrected chi connectivity index (χ0v) is 15.9. The molecule has 1 unspecified atom stereocenters. The van der Waals surface area contributed by atoms with Crippen LogP contribution in [0.1, 0.15) is 11.9 Å². The molecule has 142 valence electrons. The number of nitrogens with one attached hydrogen (secondary N) is 1. The SMILES string of the molecule is CC(OC(=O)C=Cc1nccs1)C(=O)Nc1ccc(Oc2ccccc2)cc1. The van der Waals surface area contributed by atoms with E-state index in [9.17, 15) is 9.59 Å². The average molecular weight is 394 g/mol. The molecule has 1 heterocycles. The van der Waals surface area contributed by atoms with E-state index in [0.717, 1.165) is 5.75 Å². The van der Waals surface area contributed by atoms with Crippen molar-refractivity contribution >= 4 is 35.0 Å². The topological polar surface area (TPSA) is 77.5 Å². The summed E-state index contributed by atoms with van der Waals surface area (Å²) >= 11 is 1.40. The molecule has 7 heteroatoms. The number of thiazole rings is 1. The number of anilines is 1. The quantitative estimate of drug-likeness (QED) is 0.471. The van der Waals surface area contributed by atoms with E-state index in [1.54, 1.807) is 41.9 Å². The lowest BCUT2D eigenvalue weighted by atomic mass is 10.2. The van der Waals surface area contributed by atoms with E-state index in [2.05, 4.69) is 10.3 Å². The Kier molecular flexibility index (Phi) is 6.54. The number of amides is 1. The monoisotopic (exact) mass is 394 g/mol. The Labute approximate surface area is 166 Å². The summed E-state index contributed by atoms with van der Waals surface area (Å²) in [6, 6.07) is 16.3. The molecule has 3 aromatic rings. The number of hydrogen-bond donors (Lipinski definition) is 1. The van der Waals surface area contributed by atoms with Crippen LogP contribution in [0.25, 0.3) is 6.08 Å². The van der Waals surface area contributed by atoms with Gasteiger partial charge in [0.05, 0.1) is 0 Å². The van der Waals surface area contributed by atoms with Crippen molar-refractivity contribution in [3.05, 3.63) is 77.3 Å². The molecule has 0 fully saturated rings. The lowest BCUT2D eigenvalue weighted by Gasteiger charge is -2.13. The number of hydrogen-bond acceptors (Lipinski definition) is 6. The molecule has 0 radical (unpaired) electrons. The third-order valence-electron chi connectivity index (χ3n) is 3.58. The van der Waals surface area contributed by atoms with Crippen molar-refractivity contribution in [1.29, 1.82) is 0 Å². The first-order chi connectivity index (χ1) is 13.6. The summed E-state index contributed by atoms with van der Waals surface area (Å²) in [4.78, 5) is 28.0. The van der Waals surface area contributed by atoms with Gasteiger partial charge in [-0.05, 0) is 49.4 Å². The van der Waals surface area contributed by atoms with Gasteiger partial charge in [0.15, 0.2) is 6.10 Å². The van der Waals surface area contributed by atoms with Crippen molar-refractivity contribution in [3.63, 3.8) is 0 Å². The molecule has 0 aliphatic rings. The maximum Gasteiger partial charge on any atom is 0.331 e. The Morgan fingerprint density at radius 3 is 2.46 bits per heavy atom. The maximum absolute atomic E-state index is 12.2. The van der Waals surface area contributed by atoms with E-state index >= 15 is 0 Å². The molecule has 2 aromatic carbocycles. The van der Waals surface area contributed by atoms with Crippen molar-refractivity contribution in [2.75, 3.05) is 5.32 Å². The number of benzene rings is 2. The van der Waals surface area contributed by atoms with Crippen LogP contribution >= 0.6 is 11.3 Å². The molecule has 0 saturated heterocycles. The van der Waals surface area contributed by atoms with Crippen LogP contribution in [-0.2, 0) is 14.3 Å². The number of carbonyl (C=O) groups excluding carboxylic acids is 2. The lowest BCUT2D eigenvalue weighted by molar-refractivity contribution is -0.148. The van der Waals surface area contributed by atoms with E-state index in [0.29, 0.717) is 16.4 Å². The van der Waals surface area contributed by atoms with Crippen LogP contribution in [0, 0.1) is 0 Å². The molecule has 1 N–H and O–H groups in total. The molecule has 0 bridgehead atoms. The van der Waals surface area contributed by atoms with Gasteiger partial charge >= 0.3 is 5.97 Å². The fourth-order valence-electron chi connectivity index (χ4n) is 2.20. The second-order valence-corrected chi connectivity index (χ2v) is 6.64. The van der Waals surface area contributed by atoms with Gasteiger partial charge < -0.3 is 14.8 Å². The minimum absolute atomic E-state index is 0.423. The molecule has 28 heavy (non-hydrogen) atoms. The Morgan fingerprint density at radius 1 is 1.07 bits per heavy atom. The van der Waals surface area contributed by atoms with E-state index in [-0.39, 0.29) is 0 Å². The van der Waals surface area contributed by atoms with Crippen LogP contribution in [0.2, 0.25) is 0 Å². The summed E-state index contributed by atoms with van der Waals surface area (Å²) in [5.41, 5.74) is 0.576. The van der Waals surface area contributed by atoms with Crippen LogP contribution in [0.5, 0.6) is 11.5 Å². The molecular formula is C21H18N2O4S. The van der Waals surface area contributed by atoms with Gasteiger partial charge in [0, 0.05) is 23.3 Å². The highest BCUT2D eigenvalue weighted by atomic mass is 32.1. The highest BCUT2D eigenvalue weighted by Crippen LogP contribution is 2.22. The van der Waals surface area contributed by atoms with Gasteiger partial charge in [0.25, 0.3) is 5.91 Å². The van der Waals surface area contributed by atoms with Crippen molar-refractivity contribution in [1.82, 2.24) is 4.98 Å². The summed E-state index contributed by atoms with van der Waals surface area (Å²) in [5.74, 6) is 0.346. The van der Waals surface area contributed by atoms with Crippen molar-refractivity contribution in [3.8, 4) is 11.5 Å². The van der Waals surface area contributed by atoms with Crippen molar-refractivity contribution in [2.24, 2.45) is 0 Å². The zero-order valence-electron chi connectivity index (χ0n) is 15.1. The normalized spacial score (nSPS) is 11.8. The standard InChI is InChI=1S/C21H18N2O4S/c1-15(26-20(24)12-11-19-22-13-14-28-19)21(25)23-16-7-9-18(10-8-16)27-17-5-3-2-4-6-17/h2-15H,1H3,(H,23,25). The zero-order chi connectivity index (χ0) is 19.8. The largest absolute Gasteiger partial charge is 0.457 e. The Balaban J connectivity index is 1.50. The average Bonchev–Trinajstić information content (AvgIpc) is 3.22. The van der Waals surface area contributed by atoms with Gasteiger partial charge in [-0.15, -0.1) is 11.3 Å². The first-order valence-corrected chi connectivity index (χ1v) is 9.40. The second-order valence-electron chi connectivity index (χ2n) is 5.71. The minimum atomic E-state index is -0.936. The molecule has 0 aliphatic heterocycles. The number of rotatable bonds is 7. The summed E-state index contributed by atoms with van der Waals surface area (Å²) in [6.45, 7) is 1.51. The number of ether oxygens (including phenoxy) is 2. The molecule has 0 saturated carbocycles. The maximum atomic E-state index is 12.2. The van der Waals surface area contributed by atoms with Crippen LogP contribution in [0.4, 0.5) is 5.69 Å². The van der Waals surface area contributed by atoms with Gasteiger partial charge in [-0.1, -0.05) is 18.2 Å². The second kappa shape index (κ2) is 9.48. The third kappa shape index (κ3) is 5.78. The lowest BCUT2D eigenvalue weighted by Crippen LogP contribution is -2.29. The Morgan fingerprint density at radius 2 is 1.79 bits per heavy atom. The highest BCUT2D eigenvalue weighted by Gasteiger charge is 2.16. The molecule has 6 nitrogen and oxygen atoms in total. The van der Waals surface area contributed by atoms with Crippen molar-refractivity contribution < 1.29 is 19.1 Å². The van der Waals surface area contributed by atoms with Crippen LogP contribution in [0.3, 0.4) is 0 Å². The number of esters is 1. The van der Waals surface area contributed by atoms with Crippen LogP contribution in [-0.4, -0.2) is 23.0 Å². The molecule has 0 aliphatic carbocycles. The smallest absolute Gasteiger partial charge is 0.331 e. The van der Waals surface area contributed by atoms with Gasteiger partial charge in [-0.25, -0.2) is 9.78 Å². The summed E-state index contributed by atoms with van der Waals surface area (Å²) in [7, 11) is 0. The summed E-state index contributed by atoms with van der Waals surface area (Å²) in [5, 5.41) is 5.19. The molecule has 3 rings (SSSR count). The fourth-order valence-corrected chi connectivity index (χ4v) is 2.73. The summed E-state index contributed by atoms with van der Waals surface area (Å²) in [6.07, 6.45) is 3.50. The number of aromatic nitrogens is 1. The fraction of sp³-hybridized carbons (Fsp3) is 0.0952. The Hall–Kier alpha value is -3.45. The number of nitrogens with zero attached hydrogens (tertiary/aromatic N) is 1. The number of carbonyl (C=O) groups is 2. The Bertz CT molecular complexity index is 938. The summed E-state index contributed by atoms with van der Waals surface area (Å²) < 4.78 is 10.8. The molecule has 1 amide bonds. The van der Waals surface area contributed by atoms with Crippen molar-refractivity contribution in [2.45, 2.75) is 13.0 Å². The predicted octanol–water partition coefficient (Wildman–Crippen LogP) is 4.52. The van der Waals surface area contributed by atoms with Crippen LogP contribution in [0.15, 0.2) is 72.3 Å². The molecular weight excluding hydrogens is 376 g/mol. The molecule has 1 atom stereocenters. The minimum Gasteiger partial charge on any atom is -0.457 e. The first-order valence-electron chi connectivity index (χ1n) is 8.52. The molecule has 1 aromatic heterocycles. The molecule has 0 spiro atoms. The van der Waals surface area contributed by atoms with Gasteiger partial charge in [0.2, 0.25) is 0 Å². The highest BCUT2D eigenvalue weighted by molar-refractivity contribution is 7.10. The third-order valence-corrected chi connectivity index (χ3v) is 4.32. The van der Waals surface area contributed by atoms with E-state index in [1.807, 2.05) is 30.3 Å². The van der Waals surface area contributed by atoms with E-state index in [4.69, 9.17) is 9.47 Å². The number of para-hydroxylation sites is 1. The van der Waals surface area contributed by atoms with E-state index < -0.39 is 18.0 Å². The van der Waals surface area contributed by atoms with Gasteiger partial charge in [-0.2, -0.15) is 0 Å². The van der Waals surface area contributed by atoms with Crippen LogP contribution < -0.4 is 10.1 Å². The van der Waals surface area contributed by atoms with Gasteiger partial charge in [0.1, 0.15) is 16.5 Å². The first kappa shape index (κ1) is 19.3. The van der Waals surface area contributed by atoms with E-state index in [1.165, 1.54) is 24.3 Å². The van der Waals surface area contributed by atoms with Gasteiger partial charge in [-0.3, -0.25) is 4.79 Å². The predicted molar refractivity (Wildman–Crippen MR) is 108 cm³/mol.